The third kappa shape index (κ3) is 6.77. The van der Waals surface area contributed by atoms with E-state index in [2.05, 4.69) is 62.1 Å². The van der Waals surface area contributed by atoms with Crippen LogP contribution in [0.3, 0.4) is 0 Å². The van der Waals surface area contributed by atoms with Gasteiger partial charge in [-0.3, -0.25) is 4.90 Å². The van der Waals surface area contributed by atoms with Crippen molar-refractivity contribution in [1.82, 2.24) is 9.80 Å². The first kappa shape index (κ1) is 18.9. The maximum Gasteiger partial charge on any atom is 0.119 e. The van der Waals surface area contributed by atoms with E-state index < -0.39 is 0 Å². The Balaban J connectivity index is 2.51. The number of nitrogens with zero attached hydrogens (tertiary/aromatic N) is 2. The van der Waals surface area contributed by atoms with Crippen molar-refractivity contribution < 1.29 is 4.74 Å². The maximum absolute atomic E-state index is 5.96. The molecule has 0 saturated heterocycles. The number of likely N-dealkylation sites (N-methyl/N-ethyl adjacent to an activating group) is 1. The predicted molar refractivity (Wildman–Crippen MR) is 94.4 cm³/mol. The van der Waals surface area contributed by atoms with Gasteiger partial charge >= 0.3 is 0 Å². The van der Waals surface area contributed by atoms with E-state index in [1.165, 1.54) is 18.4 Å². The molecule has 0 fully saturated rings. The van der Waals surface area contributed by atoms with Crippen LogP contribution in [0.2, 0.25) is 0 Å². The molecule has 4 heteroatoms. The van der Waals surface area contributed by atoms with Crippen molar-refractivity contribution in [2.24, 2.45) is 5.73 Å². The first-order chi connectivity index (χ1) is 10.6. The molecule has 1 unspecified atom stereocenters. The van der Waals surface area contributed by atoms with E-state index >= 15 is 0 Å². The van der Waals surface area contributed by atoms with Crippen LogP contribution < -0.4 is 10.5 Å². The summed E-state index contributed by atoms with van der Waals surface area (Å²) >= 11 is 0. The second kappa shape index (κ2) is 10.6. The van der Waals surface area contributed by atoms with Crippen molar-refractivity contribution in [2.45, 2.75) is 32.2 Å². The van der Waals surface area contributed by atoms with Gasteiger partial charge in [0.05, 0.1) is 6.61 Å². The summed E-state index contributed by atoms with van der Waals surface area (Å²) in [5.74, 6) is 0.939. The van der Waals surface area contributed by atoms with Gasteiger partial charge < -0.3 is 15.4 Å². The molecule has 1 aromatic rings. The van der Waals surface area contributed by atoms with Crippen LogP contribution in [0.5, 0.6) is 5.75 Å². The number of hydrogen-bond acceptors (Lipinski definition) is 4. The zero-order chi connectivity index (χ0) is 16.4. The molecule has 0 heterocycles. The molecule has 0 aliphatic heterocycles. The van der Waals surface area contributed by atoms with E-state index in [-0.39, 0.29) is 6.04 Å². The van der Waals surface area contributed by atoms with Gasteiger partial charge in [0, 0.05) is 19.1 Å². The summed E-state index contributed by atoms with van der Waals surface area (Å²) < 4.78 is 5.78. The van der Waals surface area contributed by atoms with Gasteiger partial charge in [-0.1, -0.05) is 25.5 Å². The molecule has 0 saturated carbocycles. The highest BCUT2D eigenvalue weighted by molar-refractivity contribution is 5.29. The Morgan fingerprint density at radius 3 is 2.27 bits per heavy atom. The summed E-state index contributed by atoms with van der Waals surface area (Å²) in [7, 11) is 6.31. The van der Waals surface area contributed by atoms with Crippen molar-refractivity contribution in [3.05, 3.63) is 29.8 Å². The Bertz CT molecular complexity index is 392. The summed E-state index contributed by atoms with van der Waals surface area (Å²) in [6, 6.07) is 8.68. The first-order valence-electron chi connectivity index (χ1n) is 8.36. The Morgan fingerprint density at radius 1 is 1.05 bits per heavy atom. The molecule has 22 heavy (non-hydrogen) atoms. The molecular formula is C18H33N3O. The molecule has 0 spiro atoms. The monoisotopic (exact) mass is 307 g/mol. The van der Waals surface area contributed by atoms with E-state index in [0.29, 0.717) is 6.54 Å². The van der Waals surface area contributed by atoms with E-state index in [9.17, 15) is 0 Å². The van der Waals surface area contributed by atoms with Crippen LogP contribution in [0, 0.1) is 0 Å². The highest BCUT2D eigenvalue weighted by Gasteiger charge is 2.14. The van der Waals surface area contributed by atoms with Gasteiger partial charge in [-0.2, -0.15) is 0 Å². The van der Waals surface area contributed by atoms with E-state index in [0.717, 1.165) is 31.9 Å². The van der Waals surface area contributed by atoms with Crippen LogP contribution in [0.25, 0.3) is 0 Å². The summed E-state index contributed by atoms with van der Waals surface area (Å²) in [5.41, 5.74) is 7.23. The molecule has 0 radical (unpaired) electrons. The minimum atomic E-state index is 0.286. The van der Waals surface area contributed by atoms with Gasteiger partial charge in [-0.15, -0.1) is 0 Å². The van der Waals surface area contributed by atoms with Crippen LogP contribution in [0.4, 0.5) is 0 Å². The number of benzene rings is 1. The molecule has 0 amide bonds. The SMILES string of the molecule is CCCCN(C)C(CN)c1ccc(OCCCN(C)C)cc1. The second-order valence-electron chi connectivity index (χ2n) is 6.16. The average Bonchev–Trinajstić information content (AvgIpc) is 2.51. The van der Waals surface area contributed by atoms with Crippen molar-refractivity contribution in [1.29, 1.82) is 0 Å². The molecule has 0 bridgehead atoms. The summed E-state index contributed by atoms with van der Waals surface area (Å²) in [5, 5.41) is 0. The summed E-state index contributed by atoms with van der Waals surface area (Å²) in [4.78, 5) is 4.51. The highest BCUT2D eigenvalue weighted by atomic mass is 16.5. The van der Waals surface area contributed by atoms with Gasteiger partial charge in [0.2, 0.25) is 0 Å². The van der Waals surface area contributed by atoms with Crippen molar-refractivity contribution in [2.75, 3.05) is 47.4 Å². The molecule has 1 rings (SSSR count). The lowest BCUT2D eigenvalue weighted by Gasteiger charge is -2.27. The fourth-order valence-electron chi connectivity index (χ4n) is 2.49. The van der Waals surface area contributed by atoms with Gasteiger partial charge in [-0.25, -0.2) is 0 Å². The predicted octanol–water partition coefficient (Wildman–Crippen LogP) is 2.75. The average molecular weight is 307 g/mol. The quantitative estimate of drug-likeness (QED) is 0.638. The third-order valence-electron chi connectivity index (χ3n) is 3.90. The van der Waals surface area contributed by atoms with Crippen LogP contribution in [-0.4, -0.2) is 57.2 Å². The molecule has 1 atom stereocenters. The second-order valence-corrected chi connectivity index (χ2v) is 6.16. The van der Waals surface area contributed by atoms with Crippen LogP contribution in [0.1, 0.15) is 37.8 Å². The Morgan fingerprint density at radius 2 is 1.73 bits per heavy atom. The maximum atomic E-state index is 5.96. The van der Waals surface area contributed by atoms with E-state index in [1.54, 1.807) is 0 Å². The Hall–Kier alpha value is -1.10. The smallest absolute Gasteiger partial charge is 0.119 e. The molecule has 4 nitrogen and oxygen atoms in total. The Labute approximate surface area is 136 Å². The van der Waals surface area contributed by atoms with Gasteiger partial charge in [0.25, 0.3) is 0 Å². The lowest BCUT2D eigenvalue weighted by Crippen LogP contribution is -2.31. The molecular weight excluding hydrogens is 274 g/mol. The first-order valence-corrected chi connectivity index (χ1v) is 8.36. The van der Waals surface area contributed by atoms with Crippen LogP contribution in [0.15, 0.2) is 24.3 Å². The van der Waals surface area contributed by atoms with Crippen LogP contribution in [-0.2, 0) is 0 Å². The molecule has 2 N–H and O–H groups in total. The van der Waals surface area contributed by atoms with Gasteiger partial charge in [-0.05, 0) is 58.2 Å². The lowest BCUT2D eigenvalue weighted by molar-refractivity contribution is 0.246. The zero-order valence-corrected chi connectivity index (χ0v) is 14.7. The van der Waals surface area contributed by atoms with Crippen molar-refractivity contribution in [3.8, 4) is 5.75 Å². The number of ether oxygens (including phenoxy) is 1. The fourth-order valence-corrected chi connectivity index (χ4v) is 2.49. The number of nitrogens with two attached hydrogens (primary N) is 1. The van der Waals surface area contributed by atoms with E-state index in [1.807, 2.05) is 0 Å². The topological polar surface area (TPSA) is 41.7 Å². The fraction of sp³-hybridized carbons (Fsp3) is 0.667. The van der Waals surface area contributed by atoms with E-state index in [4.69, 9.17) is 10.5 Å². The van der Waals surface area contributed by atoms with Crippen molar-refractivity contribution in [3.63, 3.8) is 0 Å². The highest BCUT2D eigenvalue weighted by Crippen LogP contribution is 2.21. The summed E-state index contributed by atoms with van der Waals surface area (Å²) in [6.07, 6.45) is 3.46. The lowest BCUT2D eigenvalue weighted by atomic mass is 10.1. The largest absolute Gasteiger partial charge is 0.494 e. The standard InChI is InChI=1S/C18H33N3O/c1-5-6-13-21(4)18(15-19)16-8-10-17(11-9-16)22-14-7-12-20(2)3/h8-11,18H,5-7,12-15,19H2,1-4H3. The molecule has 126 valence electrons. The molecule has 0 aliphatic carbocycles. The normalized spacial score (nSPS) is 12.9. The third-order valence-corrected chi connectivity index (χ3v) is 3.90. The Kier molecular flexibility index (Phi) is 9.13. The minimum absolute atomic E-state index is 0.286. The van der Waals surface area contributed by atoms with Gasteiger partial charge in [0.1, 0.15) is 5.75 Å². The minimum Gasteiger partial charge on any atom is -0.494 e. The van der Waals surface area contributed by atoms with Crippen LogP contribution >= 0.6 is 0 Å². The molecule has 0 aromatic heterocycles. The summed E-state index contributed by atoms with van der Waals surface area (Å²) in [6.45, 7) is 5.75. The zero-order valence-electron chi connectivity index (χ0n) is 14.7. The number of hydrogen-bond donors (Lipinski definition) is 1. The molecule has 1 aromatic carbocycles. The number of unbranched alkanes of at least 4 members (excludes halogenated alkanes) is 1. The van der Waals surface area contributed by atoms with Gasteiger partial charge in [0.15, 0.2) is 0 Å². The van der Waals surface area contributed by atoms with Crippen molar-refractivity contribution >= 4 is 0 Å². The molecule has 0 aliphatic rings. The number of rotatable bonds is 11.